The minimum Gasteiger partial charge on any atom is -0.350 e. The van der Waals surface area contributed by atoms with Gasteiger partial charge in [0.05, 0.1) is 11.6 Å². The fourth-order valence-corrected chi connectivity index (χ4v) is 3.39. The van der Waals surface area contributed by atoms with Gasteiger partial charge in [0.1, 0.15) is 0 Å². The third kappa shape index (κ3) is 4.04. The quantitative estimate of drug-likeness (QED) is 0.736. The molecule has 0 radical (unpaired) electrons. The Morgan fingerprint density at radius 1 is 1.15 bits per heavy atom. The lowest BCUT2D eigenvalue weighted by Gasteiger charge is -2.25. The van der Waals surface area contributed by atoms with Crippen LogP contribution in [0.25, 0.3) is 10.8 Å². The Morgan fingerprint density at radius 2 is 1.85 bits per heavy atom. The molecule has 1 amide bonds. The van der Waals surface area contributed by atoms with Gasteiger partial charge in [-0.25, -0.2) is 0 Å². The molecule has 2 aromatic carbocycles. The third-order valence-corrected chi connectivity index (χ3v) is 4.88. The molecule has 140 valence electrons. The minimum absolute atomic E-state index is 0.0218. The fraction of sp³-hybridized carbons (Fsp3) is 0.238. The van der Waals surface area contributed by atoms with Crippen molar-refractivity contribution in [2.75, 3.05) is 20.6 Å². The summed E-state index contributed by atoms with van der Waals surface area (Å²) in [5.41, 5.74) is 1.39. The average molecular weight is 384 g/mol. The van der Waals surface area contributed by atoms with E-state index in [1.807, 2.05) is 49.3 Å². The van der Waals surface area contributed by atoms with Crippen LogP contribution in [-0.4, -0.2) is 36.0 Å². The molecule has 1 heterocycles. The molecule has 0 bridgehead atoms. The predicted octanol–water partition coefficient (Wildman–Crippen LogP) is 3.22. The maximum absolute atomic E-state index is 12.9. The van der Waals surface area contributed by atoms with Crippen LogP contribution in [0.3, 0.4) is 0 Å². The first-order valence-corrected chi connectivity index (χ1v) is 9.04. The standard InChI is InChI=1S/C21H22ClN3O2/c1-24(2)19(14-7-6-8-15(22)11-14)12-23-20(26)18-13-25(3)21(27)17-10-5-4-9-16(17)18/h4-11,13,19H,12H2,1-3H3,(H,23,26). The number of carbonyl (C=O) groups excluding carboxylic acids is 1. The van der Waals surface area contributed by atoms with E-state index in [1.165, 1.54) is 4.57 Å². The van der Waals surface area contributed by atoms with Crippen molar-refractivity contribution < 1.29 is 4.79 Å². The van der Waals surface area contributed by atoms with Gasteiger partial charge in [0.15, 0.2) is 0 Å². The molecular formula is C21H22ClN3O2. The van der Waals surface area contributed by atoms with E-state index in [-0.39, 0.29) is 17.5 Å². The first-order chi connectivity index (χ1) is 12.9. The summed E-state index contributed by atoms with van der Waals surface area (Å²) in [6.07, 6.45) is 1.59. The van der Waals surface area contributed by atoms with Crippen molar-refractivity contribution in [3.63, 3.8) is 0 Å². The van der Waals surface area contributed by atoms with Crippen molar-refractivity contribution >= 4 is 28.3 Å². The Labute approximate surface area is 163 Å². The lowest BCUT2D eigenvalue weighted by atomic mass is 10.0. The highest BCUT2D eigenvalue weighted by molar-refractivity contribution is 6.30. The Balaban J connectivity index is 1.88. The van der Waals surface area contributed by atoms with E-state index in [4.69, 9.17) is 11.6 Å². The molecule has 0 aliphatic carbocycles. The van der Waals surface area contributed by atoms with Crippen molar-refractivity contribution in [2.45, 2.75) is 6.04 Å². The molecule has 0 spiro atoms. The Kier molecular flexibility index (Phi) is 5.63. The molecular weight excluding hydrogens is 362 g/mol. The first kappa shape index (κ1) is 19.1. The summed E-state index contributed by atoms with van der Waals surface area (Å²) in [5.74, 6) is -0.212. The smallest absolute Gasteiger partial charge is 0.258 e. The third-order valence-electron chi connectivity index (χ3n) is 4.65. The van der Waals surface area contributed by atoms with Gasteiger partial charge in [-0.3, -0.25) is 9.59 Å². The van der Waals surface area contributed by atoms with Crippen LogP contribution < -0.4 is 10.9 Å². The molecule has 6 heteroatoms. The van der Waals surface area contributed by atoms with E-state index in [1.54, 1.807) is 31.4 Å². The van der Waals surface area contributed by atoms with Crippen LogP contribution >= 0.6 is 11.6 Å². The summed E-state index contributed by atoms with van der Waals surface area (Å²) in [6, 6.07) is 14.8. The molecule has 1 N–H and O–H groups in total. The van der Waals surface area contributed by atoms with Crippen LogP contribution in [0, 0.1) is 0 Å². The van der Waals surface area contributed by atoms with Gasteiger partial charge in [-0.2, -0.15) is 0 Å². The summed E-state index contributed by atoms with van der Waals surface area (Å²) in [5, 5.41) is 4.85. The number of pyridine rings is 1. The second kappa shape index (κ2) is 7.94. The Bertz CT molecular complexity index is 1040. The molecule has 1 unspecified atom stereocenters. The van der Waals surface area contributed by atoms with Crippen molar-refractivity contribution in [1.29, 1.82) is 0 Å². The number of carbonyl (C=O) groups is 1. The molecule has 0 fully saturated rings. The first-order valence-electron chi connectivity index (χ1n) is 8.67. The van der Waals surface area contributed by atoms with Gasteiger partial charge < -0.3 is 14.8 Å². The second-order valence-electron chi connectivity index (χ2n) is 6.75. The summed E-state index contributed by atoms with van der Waals surface area (Å²) < 4.78 is 1.44. The number of aryl methyl sites for hydroxylation is 1. The van der Waals surface area contributed by atoms with Crippen LogP contribution in [0.2, 0.25) is 5.02 Å². The maximum Gasteiger partial charge on any atom is 0.258 e. The van der Waals surface area contributed by atoms with Gasteiger partial charge in [0.25, 0.3) is 11.5 Å². The van der Waals surface area contributed by atoms with Crippen molar-refractivity contribution in [1.82, 2.24) is 14.8 Å². The number of fused-ring (bicyclic) bond motifs is 1. The highest BCUT2D eigenvalue weighted by atomic mass is 35.5. The molecule has 0 aliphatic heterocycles. The minimum atomic E-state index is -0.212. The topological polar surface area (TPSA) is 54.3 Å². The predicted molar refractivity (Wildman–Crippen MR) is 109 cm³/mol. The fourth-order valence-electron chi connectivity index (χ4n) is 3.19. The highest BCUT2D eigenvalue weighted by Gasteiger charge is 2.18. The van der Waals surface area contributed by atoms with Gasteiger partial charge in [-0.1, -0.05) is 41.9 Å². The van der Waals surface area contributed by atoms with Crippen LogP contribution in [0.5, 0.6) is 0 Å². The number of hydrogen-bond donors (Lipinski definition) is 1. The van der Waals surface area contributed by atoms with E-state index in [2.05, 4.69) is 5.32 Å². The number of hydrogen-bond acceptors (Lipinski definition) is 3. The van der Waals surface area contributed by atoms with Gasteiger partial charge >= 0.3 is 0 Å². The monoisotopic (exact) mass is 383 g/mol. The maximum atomic E-state index is 12.9. The number of halogens is 1. The highest BCUT2D eigenvalue weighted by Crippen LogP contribution is 2.21. The van der Waals surface area contributed by atoms with Crippen LogP contribution in [-0.2, 0) is 7.05 Å². The molecule has 3 aromatic rings. The zero-order valence-electron chi connectivity index (χ0n) is 15.6. The number of nitrogens with one attached hydrogen (secondary N) is 1. The molecule has 1 atom stereocenters. The van der Waals surface area contributed by atoms with Gasteiger partial charge in [-0.05, 0) is 37.9 Å². The van der Waals surface area contributed by atoms with Crippen molar-refractivity contribution in [3.8, 4) is 0 Å². The summed E-state index contributed by atoms with van der Waals surface area (Å²) in [6.45, 7) is 0.420. The largest absolute Gasteiger partial charge is 0.350 e. The lowest BCUT2D eigenvalue weighted by Crippen LogP contribution is -2.35. The normalized spacial score (nSPS) is 12.3. The van der Waals surface area contributed by atoms with Crippen molar-refractivity contribution in [3.05, 3.63) is 81.2 Å². The summed E-state index contributed by atoms with van der Waals surface area (Å²) in [4.78, 5) is 27.2. The van der Waals surface area contributed by atoms with Gasteiger partial charge in [0, 0.05) is 35.6 Å². The zero-order valence-corrected chi connectivity index (χ0v) is 16.3. The number of aromatic nitrogens is 1. The SMILES string of the molecule is CN(C)C(CNC(=O)c1cn(C)c(=O)c2ccccc12)c1cccc(Cl)c1. The molecule has 27 heavy (non-hydrogen) atoms. The number of nitrogens with zero attached hydrogens (tertiary/aromatic N) is 2. The molecule has 5 nitrogen and oxygen atoms in total. The van der Waals surface area contributed by atoms with Crippen LogP contribution in [0.15, 0.2) is 59.5 Å². The number of benzene rings is 2. The molecule has 0 saturated carbocycles. The average Bonchev–Trinajstić information content (AvgIpc) is 2.64. The van der Waals surface area contributed by atoms with E-state index >= 15 is 0 Å². The number of rotatable bonds is 5. The molecule has 0 saturated heterocycles. The molecule has 3 rings (SSSR count). The van der Waals surface area contributed by atoms with E-state index in [9.17, 15) is 9.59 Å². The van der Waals surface area contributed by atoms with Crippen LogP contribution in [0.4, 0.5) is 0 Å². The van der Waals surface area contributed by atoms with E-state index in [0.717, 1.165) is 5.56 Å². The van der Waals surface area contributed by atoms with E-state index in [0.29, 0.717) is 27.9 Å². The van der Waals surface area contributed by atoms with Crippen molar-refractivity contribution in [2.24, 2.45) is 7.05 Å². The summed E-state index contributed by atoms with van der Waals surface area (Å²) >= 11 is 6.11. The number of likely N-dealkylation sites (N-methyl/N-ethyl adjacent to an activating group) is 1. The second-order valence-corrected chi connectivity index (χ2v) is 7.19. The Hall–Kier alpha value is -2.63. The van der Waals surface area contributed by atoms with Crippen LogP contribution in [0.1, 0.15) is 22.0 Å². The summed E-state index contributed by atoms with van der Waals surface area (Å²) in [7, 11) is 5.57. The van der Waals surface area contributed by atoms with Gasteiger partial charge in [0.2, 0.25) is 0 Å². The van der Waals surface area contributed by atoms with E-state index < -0.39 is 0 Å². The van der Waals surface area contributed by atoms with Gasteiger partial charge in [-0.15, -0.1) is 0 Å². The lowest BCUT2D eigenvalue weighted by molar-refractivity contribution is 0.0943. The zero-order chi connectivity index (χ0) is 19.6. The Morgan fingerprint density at radius 3 is 2.52 bits per heavy atom. The molecule has 0 aliphatic rings. The number of amides is 1. The molecule has 1 aromatic heterocycles.